The molecule has 27 heavy (non-hydrogen) atoms. The zero-order valence-corrected chi connectivity index (χ0v) is 14.0. The average molecular weight is 374 g/mol. The van der Waals surface area contributed by atoms with E-state index < -0.39 is 22.5 Å². The van der Waals surface area contributed by atoms with Gasteiger partial charge in [-0.25, -0.2) is 15.2 Å². The number of hydrogen-bond donors (Lipinski definition) is 7. The molecule has 0 spiro atoms. The molecule has 3 rings (SSSR count). The number of rotatable bonds is 7. The zero-order valence-electron chi connectivity index (χ0n) is 14.0. The third-order valence-electron chi connectivity index (χ3n) is 4.22. The van der Waals surface area contributed by atoms with Crippen molar-refractivity contribution in [3.8, 4) is 0 Å². The van der Waals surface area contributed by atoms with Gasteiger partial charge in [-0.3, -0.25) is 0 Å². The van der Waals surface area contributed by atoms with Crippen molar-refractivity contribution in [2.75, 3.05) is 5.32 Å². The van der Waals surface area contributed by atoms with E-state index in [4.69, 9.17) is 5.21 Å². The number of hydrogen-bond acceptors (Lipinski definition) is 6. The number of anilines is 1. The van der Waals surface area contributed by atoms with Crippen LogP contribution in [0.5, 0.6) is 0 Å². The van der Waals surface area contributed by atoms with Gasteiger partial charge < -0.3 is 25.8 Å². The molecule has 0 fully saturated rings. The van der Waals surface area contributed by atoms with Crippen LogP contribution in [0.25, 0.3) is 10.9 Å². The van der Waals surface area contributed by atoms with E-state index in [1.165, 1.54) is 12.1 Å². The number of quaternary nitrogens is 2. The average Bonchev–Trinajstić information content (AvgIpc) is 3.04. The van der Waals surface area contributed by atoms with E-state index in [0.717, 1.165) is 22.5 Å². The van der Waals surface area contributed by atoms with Gasteiger partial charge in [0.1, 0.15) is 11.7 Å². The highest BCUT2D eigenvalue weighted by atomic mass is 16.8. The number of para-hydroxylation sites is 1. The molecule has 0 aliphatic carbocycles. The second-order valence-electron chi connectivity index (χ2n) is 5.97. The summed E-state index contributed by atoms with van der Waals surface area (Å²) >= 11 is 0. The lowest BCUT2D eigenvalue weighted by Crippen LogP contribution is -3.00. The van der Waals surface area contributed by atoms with Gasteiger partial charge in [0.05, 0.1) is 6.07 Å². The van der Waals surface area contributed by atoms with Gasteiger partial charge in [-0.05, 0) is 17.7 Å². The molecule has 142 valence electrons. The first-order valence-electron chi connectivity index (χ1n) is 8.02. The van der Waals surface area contributed by atoms with Gasteiger partial charge in [0.25, 0.3) is 0 Å². The number of aliphatic carboxylic acids is 1. The van der Waals surface area contributed by atoms with Gasteiger partial charge in [0.2, 0.25) is 0 Å². The Morgan fingerprint density at radius 3 is 2.56 bits per heavy atom. The molecule has 2 aromatic carbocycles. The summed E-state index contributed by atoms with van der Waals surface area (Å²) in [5.74, 6) is -1.15. The first kappa shape index (κ1) is 18.8. The predicted octanol–water partition coefficient (Wildman–Crippen LogP) is 0.0825. The molecule has 0 aliphatic rings. The highest BCUT2D eigenvalue weighted by molar-refractivity contribution is 5.85. The Balaban J connectivity index is 1.90. The summed E-state index contributed by atoms with van der Waals surface area (Å²) in [7, 11) is 0. The molecule has 10 heteroatoms. The van der Waals surface area contributed by atoms with Crippen molar-refractivity contribution < 1.29 is 30.8 Å². The quantitative estimate of drug-likeness (QED) is 0.288. The van der Waals surface area contributed by atoms with Crippen molar-refractivity contribution in [1.29, 1.82) is 0 Å². The Morgan fingerprint density at radius 1 is 1.15 bits per heavy atom. The van der Waals surface area contributed by atoms with E-state index >= 15 is 0 Å². The maximum atomic E-state index is 11.7. The predicted molar refractivity (Wildman–Crippen MR) is 95.0 cm³/mol. The maximum absolute atomic E-state index is 11.7. The van der Waals surface area contributed by atoms with E-state index in [2.05, 4.69) is 10.3 Å². The molecular weight excluding hydrogens is 356 g/mol. The lowest BCUT2D eigenvalue weighted by Gasteiger charge is -2.21. The van der Waals surface area contributed by atoms with Crippen LogP contribution in [-0.2, 0) is 11.2 Å². The zero-order chi connectivity index (χ0) is 19.6. The number of benzene rings is 2. The van der Waals surface area contributed by atoms with Gasteiger partial charge in [0.15, 0.2) is 11.4 Å². The minimum absolute atomic E-state index is 0.0414. The molecule has 1 aromatic heterocycles. The third-order valence-corrected chi connectivity index (χ3v) is 4.22. The smallest absolute Gasteiger partial charge is 0.326 e. The SMILES string of the molecule is O=C(O)[C@@H](Cc1c[nH]c2ccccc12)Nc1ccc([NH+]([O-])O)cc1[NH+]([O-])O. The molecule has 0 amide bonds. The first-order valence-corrected chi connectivity index (χ1v) is 8.02. The minimum Gasteiger partial charge on any atom is -0.595 e. The standard InChI is InChI=1S/C17H18N4O6/c22-17(23)15(7-10-9-18-13-4-2-1-3-12(10)13)19-14-6-5-11(20(24)25)8-16(14)21(26)27/h1-6,8-9,15,18-21,24,26H,7H2,(H,22,23)/t15-/m1/s1. The first-order chi connectivity index (χ1) is 12.9. The Kier molecular flexibility index (Phi) is 5.37. The van der Waals surface area contributed by atoms with Gasteiger partial charge in [0, 0.05) is 29.6 Å². The molecule has 3 atom stereocenters. The van der Waals surface area contributed by atoms with Crippen LogP contribution < -0.4 is 15.8 Å². The monoisotopic (exact) mass is 374 g/mol. The molecular formula is C17H18N4O6. The summed E-state index contributed by atoms with van der Waals surface area (Å²) in [6, 6.07) is 9.82. The largest absolute Gasteiger partial charge is 0.595 e. The fourth-order valence-corrected chi connectivity index (χ4v) is 2.89. The van der Waals surface area contributed by atoms with Crippen molar-refractivity contribution in [3.63, 3.8) is 0 Å². The van der Waals surface area contributed by atoms with Gasteiger partial charge >= 0.3 is 5.97 Å². The molecule has 0 bridgehead atoms. The number of nitrogens with one attached hydrogen (secondary N) is 4. The van der Waals surface area contributed by atoms with Crippen molar-refractivity contribution in [2.24, 2.45) is 0 Å². The normalized spacial score (nSPS) is 14.7. The number of fused-ring (bicyclic) bond motifs is 1. The van der Waals surface area contributed by atoms with Crippen LogP contribution in [0.2, 0.25) is 0 Å². The third kappa shape index (κ3) is 4.06. The summed E-state index contributed by atoms with van der Waals surface area (Å²) < 4.78 is 0. The Bertz CT molecular complexity index is 956. The van der Waals surface area contributed by atoms with Crippen LogP contribution in [-0.4, -0.2) is 32.5 Å². The summed E-state index contributed by atoms with van der Waals surface area (Å²) in [6.07, 6.45) is 1.83. The highest BCUT2D eigenvalue weighted by Gasteiger charge is 2.23. The van der Waals surface area contributed by atoms with Gasteiger partial charge in [-0.1, -0.05) is 18.2 Å². The molecule has 1 heterocycles. The number of aromatic amines is 1. The fourth-order valence-electron chi connectivity index (χ4n) is 2.89. The van der Waals surface area contributed by atoms with Crippen LogP contribution in [0.4, 0.5) is 17.1 Å². The van der Waals surface area contributed by atoms with Crippen molar-refractivity contribution in [1.82, 2.24) is 4.98 Å². The molecule has 0 saturated carbocycles. The van der Waals surface area contributed by atoms with Crippen LogP contribution in [0, 0.1) is 10.4 Å². The molecule has 2 unspecified atom stereocenters. The molecule has 10 nitrogen and oxygen atoms in total. The lowest BCUT2D eigenvalue weighted by molar-refractivity contribution is -0.996. The van der Waals surface area contributed by atoms with E-state index in [9.17, 15) is 25.5 Å². The molecule has 0 aliphatic heterocycles. The van der Waals surface area contributed by atoms with Gasteiger partial charge in [-0.2, -0.15) is 10.5 Å². The van der Waals surface area contributed by atoms with Crippen molar-refractivity contribution in [2.45, 2.75) is 12.5 Å². The number of aromatic nitrogens is 1. The number of H-pyrrole nitrogens is 1. The number of carbonyl (C=O) groups is 1. The maximum Gasteiger partial charge on any atom is 0.326 e. The molecule has 3 aromatic rings. The number of carboxylic acids is 1. The minimum atomic E-state index is -1.35. The highest BCUT2D eigenvalue weighted by Crippen LogP contribution is 2.24. The Morgan fingerprint density at radius 2 is 1.89 bits per heavy atom. The summed E-state index contributed by atoms with van der Waals surface area (Å²) in [5.41, 5.74) is 1.18. The number of carboxylic acid groups (broad SMARTS) is 1. The second-order valence-corrected chi connectivity index (χ2v) is 5.97. The Hall–Kier alpha value is -2.99. The second kappa shape index (κ2) is 7.72. The molecule has 0 saturated heterocycles. The van der Waals surface area contributed by atoms with Crippen molar-refractivity contribution >= 4 is 33.9 Å². The molecule has 7 N–H and O–H groups in total. The summed E-state index contributed by atoms with van der Waals surface area (Å²) in [5, 5.41) is 51.4. The van der Waals surface area contributed by atoms with E-state index in [1.807, 2.05) is 24.3 Å². The fraction of sp³-hybridized carbons (Fsp3) is 0.118. The van der Waals surface area contributed by atoms with Crippen molar-refractivity contribution in [3.05, 3.63) is 64.6 Å². The van der Waals surface area contributed by atoms with Crippen LogP contribution in [0.15, 0.2) is 48.7 Å². The van der Waals surface area contributed by atoms with Crippen LogP contribution >= 0.6 is 0 Å². The van der Waals surface area contributed by atoms with Crippen LogP contribution in [0.1, 0.15) is 5.56 Å². The summed E-state index contributed by atoms with van der Waals surface area (Å²) in [4.78, 5) is 14.8. The van der Waals surface area contributed by atoms with Gasteiger partial charge in [-0.15, -0.1) is 0 Å². The van der Waals surface area contributed by atoms with Crippen LogP contribution in [0.3, 0.4) is 0 Å². The lowest BCUT2D eigenvalue weighted by atomic mass is 10.0. The topological polar surface area (TPSA) is 161 Å². The molecule has 0 radical (unpaired) electrons. The van der Waals surface area contributed by atoms with E-state index in [1.54, 1.807) is 6.20 Å². The van der Waals surface area contributed by atoms with E-state index in [-0.39, 0.29) is 23.5 Å². The summed E-state index contributed by atoms with van der Waals surface area (Å²) in [6.45, 7) is 0. The Labute approximate surface area is 152 Å². The van der Waals surface area contributed by atoms with E-state index in [0.29, 0.717) is 0 Å².